The van der Waals surface area contributed by atoms with Crippen LogP contribution in [0.4, 0.5) is 10.1 Å². The summed E-state index contributed by atoms with van der Waals surface area (Å²) in [4.78, 5) is 0. The number of anilines is 1. The molecule has 0 unspecified atom stereocenters. The van der Waals surface area contributed by atoms with Gasteiger partial charge in [-0.05, 0) is 60.2 Å². The number of nitrogens with two attached hydrogens (primary N) is 1. The molecule has 1 heterocycles. The van der Waals surface area contributed by atoms with Crippen LogP contribution in [0.3, 0.4) is 0 Å². The maximum Gasteiger partial charge on any atom is 0.187 e. The fourth-order valence-electron chi connectivity index (χ4n) is 2.17. The lowest BCUT2D eigenvalue weighted by atomic mass is 10.1. The Bertz CT molecular complexity index is 810. The number of halogens is 1. The molecule has 5 nitrogen and oxygen atoms in total. The van der Waals surface area contributed by atoms with Gasteiger partial charge >= 0.3 is 0 Å². The fourth-order valence-corrected chi connectivity index (χ4v) is 2.17. The molecule has 0 amide bonds. The highest BCUT2D eigenvalue weighted by molar-refractivity contribution is 5.63. The van der Waals surface area contributed by atoms with Gasteiger partial charge in [0, 0.05) is 16.8 Å². The SMILES string of the molecule is Cc1cc(-c2nnnn2-c2cccc(F)c2C)ccc1N. The average molecular weight is 283 g/mol. The van der Waals surface area contributed by atoms with E-state index in [1.807, 2.05) is 25.1 Å². The molecule has 1 aromatic heterocycles. The molecule has 0 spiro atoms. The minimum absolute atomic E-state index is 0.289. The first-order chi connectivity index (χ1) is 10.1. The van der Waals surface area contributed by atoms with Crippen LogP contribution in [0, 0.1) is 19.7 Å². The van der Waals surface area contributed by atoms with Crippen LogP contribution in [0.15, 0.2) is 36.4 Å². The quantitative estimate of drug-likeness (QED) is 0.734. The van der Waals surface area contributed by atoms with Gasteiger partial charge in [0.1, 0.15) is 5.82 Å². The van der Waals surface area contributed by atoms with Gasteiger partial charge in [0.2, 0.25) is 0 Å². The van der Waals surface area contributed by atoms with Crippen molar-refractivity contribution in [3.63, 3.8) is 0 Å². The molecule has 2 aromatic carbocycles. The molecule has 0 saturated carbocycles. The Morgan fingerprint density at radius 3 is 2.71 bits per heavy atom. The molecule has 0 fully saturated rings. The van der Waals surface area contributed by atoms with Crippen molar-refractivity contribution in [1.82, 2.24) is 20.2 Å². The summed E-state index contributed by atoms with van der Waals surface area (Å²) in [5.41, 5.74) is 9.42. The number of nitrogen functional groups attached to an aromatic ring is 1. The Labute approximate surface area is 121 Å². The van der Waals surface area contributed by atoms with Gasteiger partial charge in [-0.2, -0.15) is 4.68 Å². The molecule has 0 aliphatic rings. The smallest absolute Gasteiger partial charge is 0.187 e. The summed E-state index contributed by atoms with van der Waals surface area (Å²) in [5.74, 6) is 0.259. The number of hydrogen-bond donors (Lipinski definition) is 1. The zero-order valence-electron chi connectivity index (χ0n) is 11.7. The number of benzene rings is 2. The first-order valence-corrected chi connectivity index (χ1v) is 6.48. The largest absolute Gasteiger partial charge is 0.399 e. The van der Waals surface area contributed by atoms with Crippen molar-refractivity contribution in [2.24, 2.45) is 0 Å². The van der Waals surface area contributed by atoms with Crippen molar-refractivity contribution < 1.29 is 4.39 Å². The monoisotopic (exact) mass is 283 g/mol. The molecular formula is C15H14FN5. The van der Waals surface area contributed by atoms with Crippen LogP contribution in [-0.2, 0) is 0 Å². The number of rotatable bonds is 2. The molecule has 0 radical (unpaired) electrons. The molecule has 0 saturated heterocycles. The van der Waals surface area contributed by atoms with Crippen molar-refractivity contribution in [3.05, 3.63) is 53.3 Å². The zero-order chi connectivity index (χ0) is 15.0. The number of aromatic nitrogens is 4. The van der Waals surface area contributed by atoms with Gasteiger partial charge in [-0.3, -0.25) is 0 Å². The van der Waals surface area contributed by atoms with E-state index in [1.54, 1.807) is 19.1 Å². The van der Waals surface area contributed by atoms with E-state index in [4.69, 9.17) is 5.73 Å². The minimum Gasteiger partial charge on any atom is -0.399 e. The van der Waals surface area contributed by atoms with Crippen molar-refractivity contribution in [3.8, 4) is 17.1 Å². The first kappa shape index (κ1) is 13.2. The highest BCUT2D eigenvalue weighted by Crippen LogP contribution is 2.25. The van der Waals surface area contributed by atoms with Crippen LogP contribution in [0.25, 0.3) is 17.1 Å². The van der Waals surface area contributed by atoms with Gasteiger partial charge < -0.3 is 5.73 Å². The van der Waals surface area contributed by atoms with E-state index in [0.717, 1.165) is 11.1 Å². The van der Waals surface area contributed by atoms with E-state index in [-0.39, 0.29) is 5.82 Å². The highest BCUT2D eigenvalue weighted by atomic mass is 19.1. The van der Waals surface area contributed by atoms with Crippen molar-refractivity contribution in [2.45, 2.75) is 13.8 Å². The first-order valence-electron chi connectivity index (χ1n) is 6.48. The lowest BCUT2D eigenvalue weighted by Crippen LogP contribution is -2.03. The van der Waals surface area contributed by atoms with Gasteiger partial charge in [0.05, 0.1) is 5.69 Å². The Kier molecular flexibility index (Phi) is 3.13. The summed E-state index contributed by atoms with van der Waals surface area (Å²) < 4.78 is 15.3. The molecule has 0 bridgehead atoms. The maximum atomic E-state index is 13.7. The third-order valence-corrected chi connectivity index (χ3v) is 3.46. The lowest BCUT2D eigenvalue weighted by Gasteiger charge is -2.09. The molecule has 2 N–H and O–H groups in total. The summed E-state index contributed by atoms with van der Waals surface area (Å²) in [6, 6.07) is 10.4. The van der Waals surface area contributed by atoms with Crippen LogP contribution in [0.5, 0.6) is 0 Å². The Morgan fingerprint density at radius 1 is 1.14 bits per heavy atom. The fraction of sp³-hybridized carbons (Fsp3) is 0.133. The lowest BCUT2D eigenvalue weighted by molar-refractivity contribution is 0.614. The van der Waals surface area contributed by atoms with Crippen molar-refractivity contribution >= 4 is 5.69 Å². The summed E-state index contributed by atoms with van der Waals surface area (Å²) in [7, 11) is 0. The van der Waals surface area contributed by atoms with E-state index in [2.05, 4.69) is 15.5 Å². The number of hydrogen-bond acceptors (Lipinski definition) is 4. The van der Waals surface area contributed by atoms with Crippen LogP contribution in [0.2, 0.25) is 0 Å². The van der Waals surface area contributed by atoms with Crippen LogP contribution in [-0.4, -0.2) is 20.2 Å². The molecule has 106 valence electrons. The third-order valence-electron chi connectivity index (χ3n) is 3.46. The summed E-state index contributed by atoms with van der Waals surface area (Å²) >= 11 is 0. The minimum atomic E-state index is -0.289. The molecule has 6 heteroatoms. The Morgan fingerprint density at radius 2 is 1.95 bits per heavy atom. The standard InChI is InChI=1S/C15H14FN5/c1-9-8-11(6-7-13(9)17)15-18-19-20-21(15)14-5-3-4-12(16)10(14)2/h3-8H,17H2,1-2H3. The molecule has 3 rings (SSSR count). The topological polar surface area (TPSA) is 69.6 Å². The van der Waals surface area contributed by atoms with Crippen LogP contribution >= 0.6 is 0 Å². The molecule has 21 heavy (non-hydrogen) atoms. The van der Waals surface area contributed by atoms with Gasteiger partial charge in [0.15, 0.2) is 5.82 Å². The maximum absolute atomic E-state index is 13.7. The summed E-state index contributed by atoms with van der Waals surface area (Å²) in [5, 5.41) is 11.7. The van der Waals surface area contributed by atoms with Gasteiger partial charge in [-0.1, -0.05) is 6.07 Å². The molecule has 3 aromatic rings. The second-order valence-corrected chi connectivity index (χ2v) is 4.87. The van der Waals surface area contributed by atoms with E-state index < -0.39 is 0 Å². The van der Waals surface area contributed by atoms with Crippen molar-refractivity contribution in [2.75, 3.05) is 5.73 Å². The Hall–Kier alpha value is -2.76. The second-order valence-electron chi connectivity index (χ2n) is 4.87. The second kappa shape index (κ2) is 4.97. The van der Waals surface area contributed by atoms with Crippen LogP contribution < -0.4 is 5.73 Å². The normalized spacial score (nSPS) is 10.8. The third kappa shape index (κ3) is 2.24. The Balaban J connectivity index is 2.17. The van der Waals surface area contributed by atoms with Crippen molar-refractivity contribution in [1.29, 1.82) is 0 Å². The van der Waals surface area contributed by atoms with E-state index in [9.17, 15) is 4.39 Å². The predicted octanol–water partition coefficient (Wildman–Crippen LogP) is 2.67. The van der Waals surface area contributed by atoms with E-state index in [0.29, 0.717) is 22.8 Å². The van der Waals surface area contributed by atoms with Gasteiger partial charge in [-0.25, -0.2) is 4.39 Å². The zero-order valence-corrected chi connectivity index (χ0v) is 11.7. The number of aryl methyl sites for hydroxylation is 1. The van der Waals surface area contributed by atoms with E-state index >= 15 is 0 Å². The summed E-state index contributed by atoms with van der Waals surface area (Å²) in [6.45, 7) is 3.62. The summed E-state index contributed by atoms with van der Waals surface area (Å²) in [6.07, 6.45) is 0. The van der Waals surface area contributed by atoms with Crippen LogP contribution in [0.1, 0.15) is 11.1 Å². The predicted molar refractivity (Wildman–Crippen MR) is 78.4 cm³/mol. The average Bonchev–Trinajstić information content (AvgIpc) is 2.94. The molecule has 0 aliphatic carbocycles. The van der Waals surface area contributed by atoms with Gasteiger partial charge in [0.25, 0.3) is 0 Å². The molecule has 0 atom stereocenters. The molecular weight excluding hydrogens is 269 g/mol. The van der Waals surface area contributed by atoms with Gasteiger partial charge in [-0.15, -0.1) is 5.10 Å². The highest BCUT2D eigenvalue weighted by Gasteiger charge is 2.14. The number of tetrazole rings is 1. The molecule has 0 aliphatic heterocycles. The number of nitrogens with zero attached hydrogens (tertiary/aromatic N) is 4. The van der Waals surface area contributed by atoms with E-state index in [1.165, 1.54) is 10.7 Å².